The molecule has 1 aromatic heterocycles. The third kappa shape index (κ3) is 2.78. The smallest absolute Gasteiger partial charge is 0.138 e. The van der Waals surface area contributed by atoms with Crippen molar-refractivity contribution >= 4 is 11.6 Å². The van der Waals surface area contributed by atoms with E-state index in [9.17, 15) is 0 Å². The second-order valence-electron chi connectivity index (χ2n) is 3.75. The van der Waals surface area contributed by atoms with E-state index >= 15 is 0 Å². The van der Waals surface area contributed by atoms with Gasteiger partial charge in [-0.05, 0) is 17.7 Å². The number of benzene rings is 1. The monoisotopic (exact) mass is 251 g/mol. The van der Waals surface area contributed by atoms with Gasteiger partial charge in [-0.2, -0.15) is 0 Å². The zero-order chi connectivity index (χ0) is 12.3. The maximum atomic E-state index is 6.09. The molecule has 90 valence electrons. The zero-order valence-corrected chi connectivity index (χ0v) is 10.3. The molecule has 2 aromatic rings. The molecule has 0 fully saturated rings. The number of aryl methyl sites for hydroxylation is 1. The van der Waals surface area contributed by atoms with Crippen molar-refractivity contribution < 1.29 is 4.74 Å². The molecule has 0 atom stereocenters. The summed E-state index contributed by atoms with van der Waals surface area (Å²) >= 11 is 6.09. The first-order valence-corrected chi connectivity index (χ1v) is 5.65. The Hall–Kier alpha value is -1.52. The molecule has 1 aromatic carbocycles. The number of rotatable bonds is 4. The van der Waals surface area contributed by atoms with Gasteiger partial charge in [-0.1, -0.05) is 17.7 Å². The molecule has 0 radical (unpaired) electrons. The van der Waals surface area contributed by atoms with Crippen molar-refractivity contribution in [2.75, 3.05) is 0 Å². The Morgan fingerprint density at radius 2 is 2.29 bits per heavy atom. The molecular formula is C12H14ClN3O. The van der Waals surface area contributed by atoms with Gasteiger partial charge in [0, 0.05) is 13.6 Å². The van der Waals surface area contributed by atoms with Crippen molar-refractivity contribution in [3.63, 3.8) is 0 Å². The van der Waals surface area contributed by atoms with Crippen LogP contribution in [0, 0.1) is 0 Å². The van der Waals surface area contributed by atoms with Crippen LogP contribution in [0.3, 0.4) is 0 Å². The van der Waals surface area contributed by atoms with Crippen molar-refractivity contribution in [3.8, 4) is 5.75 Å². The maximum Gasteiger partial charge on any atom is 0.138 e. The Morgan fingerprint density at radius 1 is 1.47 bits per heavy atom. The lowest BCUT2D eigenvalue weighted by molar-refractivity contribution is 0.297. The average Bonchev–Trinajstić information content (AvgIpc) is 2.73. The minimum absolute atomic E-state index is 0.443. The molecule has 0 aliphatic rings. The molecule has 0 saturated heterocycles. The van der Waals surface area contributed by atoms with E-state index in [0.717, 1.165) is 11.3 Å². The molecule has 5 heteroatoms. The van der Waals surface area contributed by atoms with Gasteiger partial charge in [-0.3, -0.25) is 0 Å². The molecule has 17 heavy (non-hydrogen) atoms. The Balaban J connectivity index is 2.07. The van der Waals surface area contributed by atoms with Gasteiger partial charge in [0.1, 0.15) is 12.4 Å². The average molecular weight is 252 g/mol. The fraction of sp³-hybridized carbons (Fsp3) is 0.250. The SMILES string of the molecule is Cn1cncc1COc1ccc(CN)cc1Cl. The summed E-state index contributed by atoms with van der Waals surface area (Å²) in [6.45, 7) is 0.917. The highest BCUT2D eigenvalue weighted by molar-refractivity contribution is 6.32. The van der Waals surface area contributed by atoms with E-state index in [-0.39, 0.29) is 0 Å². The van der Waals surface area contributed by atoms with Crippen molar-refractivity contribution in [1.29, 1.82) is 0 Å². The number of hydrogen-bond acceptors (Lipinski definition) is 3. The molecule has 0 unspecified atom stereocenters. The van der Waals surface area contributed by atoms with Crippen molar-refractivity contribution in [1.82, 2.24) is 9.55 Å². The van der Waals surface area contributed by atoms with Crippen LogP contribution in [-0.4, -0.2) is 9.55 Å². The lowest BCUT2D eigenvalue weighted by Gasteiger charge is -2.09. The van der Waals surface area contributed by atoms with Crippen LogP contribution in [0.2, 0.25) is 5.02 Å². The molecule has 0 spiro atoms. The van der Waals surface area contributed by atoms with Gasteiger partial charge >= 0.3 is 0 Å². The van der Waals surface area contributed by atoms with E-state index in [1.807, 2.05) is 29.8 Å². The number of nitrogens with two attached hydrogens (primary N) is 1. The van der Waals surface area contributed by atoms with Gasteiger partial charge in [0.05, 0.1) is 23.2 Å². The van der Waals surface area contributed by atoms with Gasteiger partial charge < -0.3 is 15.0 Å². The normalized spacial score (nSPS) is 10.5. The number of hydrogen-bond donors (Lipinski definition) is 1. The summed E-state index contributed by atoms with van der Waals surface area (Å²) in [5, 5.41) is 0.579. The van der Waals surface area contributed by atoms with Crippen LogP contribution in [0.1, 0.15) is 11.3 Å². The van der Waals surface area contributed by atoms with Crippen LogP contribution in [0.4, 0.5) is 0 Å². The molecule has 0 bridgehead atoms. The molecule has 1 heterocycles. The van der Waals surface area contributed by atoms with Gasteiger partial charge in [-0.25, -0.2) is 4.98 Å². The number of ether oxygens (including phenoxy) is 1. The highest BCUT2D eigenvalue weighted by atomic mass is 35.5. The quantitative estimate of drug-likeness (QED) is 0.906. The van der Waals surface area contributed by atoms with Crippen molar-refractivity contribution in [2.45, 2.75) is 13.2 Å². The second kappa shape index (κ2) is 5.21. The molecule has 0 saturated carbocycles. The summed E-state index contributed by atoms with van der Waals surface area (Å²) in [6.07, 6.45) is 3.50. The summed E-state index contributed by atoms with van der Waals surface area (Å²) in [4.78, 5) is 4.02. The van der Waals surface area contributed by atoms with Crippen LogP contribution >= 0.6 is 11.6 Å². The number of halogens is 1. The highest BCUT2D eigenvalue weighted by Gasteiger charge is 2.04. The summed E-state index contributed by atoms with van der Waals surface area (Å²) in [6, 6.07) is 5.56. The van der Waals surface area contributed by atoms with E-state index in [1.165, 1.54) is 0 Å². The minimum Gasteiger partial charge on any atom is -0.486 e. The number of aromatic nitrogens is 2. The van der Waals surface area contributed by atoms with Gasteiger partial charge in [0.25, 0.3) is 0 Å². The van der Waals surface area contributed by atoms with Gasteiger partial charge in [0.15, 0.2) is 0 Å². The Kier molecular flexibility index (Phi) is 3.66. The minimum atomic E-state index is 0.443. The Morgan fingerprint density at radius 3 is 2.88 bits per heavy atom. The Labute approximate surface area is 105 Å². The van der Waals surface area contributed by atoms with E-state index in [1.54, 1.807) is 12.5 Å². The van der Waals surface area contributed by atoms with Gasteiger partial charge in [0.2, 0.25) is 0 Å². The largest absolute Gasteiger partial charge is 0.486 e. The maximum absolute atomic E-state index is 6.09. The van der Waals surface area contributed by atoms with Crippen LogP contribution in [0.25, 0.3) is 0 Å². The standard InChI is InChI=1S/C12H14ClN3O/c1-16-8-15-6-10(16)7-17-12-3-2-9(5-14)4-11(12)13/h2-4,6,8H,5,7,14H2,1H3. The number of nitrogens with zero attached hydrogens (tertiary/aromatic N) is 2. The van der Waals surface area contributed by atoms with Crippen LogP contribution < -0.4 is 10.5 Å². The first-order valence-electron chi connectivity index (χ1n) is 5.27. The first-order chi connectivity index (χ1) is 8.20. The molecule has 0 amide bonds. The fourth-order valence-corrected chi connectivity index (χ4v) is 1.72. The van der Waals surface area contributed by atoms with Gasteiger partial charge in [-0.15, -0.1) is 0 Å². The lowest BCUT2D eigenvalue weighted by atomic mass is 10.2. The highest BCUT2D eigenvalue weighted by Crippen LogP contribution is 2.26. The van der Waals surface area contributed by atoms with Crippen LogP contribution in [0.15, 0.2) is 30.7 Å². The lowest BCUT2D eigenvalue weighted by Crippen LogP contribution is -2.02. The molecule has 0 aliphatic carbocycles. The summed E-state index contributed by atoms with van der Waals surface area (Å²) in [5.41, 5.74) is 7.51. The summed E-state index contributed by atoms with van der Waals surface area (Å²) in [5.74, 6) is 0.657. The Bertz CT molecular complexity index is 510. The first kappa shape index (κ1) is 12.0. The van der Waals surface area contributed by atoms with E-state index in [4.69, 9.17) is 22.1 Å². The summed E-state index contributed by atoms with van der Waals surface area (Å²) < 4.78 is 7.53. The van der Waals surface area contributed by atoms with E-state index < -0.39 is 0 Å². The predicted molar refractivity (Wildman–Crippen MR) is 66.9 cm³/mol. The van der Waals surface area contributed by atoms with Crippen LogP contribution in [-0.2, 0) is 20.2 Å². The molecule has 2 rings (SSSR count). The summed E-state index contributed by atoms with van der Waals surface area (Å²) in [7, 11) is 1.92. The molecule has 2 N–H and O–H groups in total. The molecule has 0 aliphatic heterocycles. The topological polar surface area (TPSA) is 53.1 Å². The molecule has 4 nitrogen and oxygen atoms in total. The van der Waals surface area contributed by atoms with Crippen molar-refractivity contribution in [3.05, 3.63) is 47.0 Å². The third-order valence-electron chi connectivity index (χ3n) is 2.52. The number of imidazole rings is 1. The fourth-order valence-electron chi connectivity index (χ4n) is 1.46. The second-order valence-corrected chi connectivity index (χ2v) is 4.16. The zero-order valence-electron chi connectivity index (χ0n) is 9.56. The van der Waals surface area contributed by atoms with Crippen molar-refractivity contribution in [2.24, 2.45) is 12.8 Å². The third-order valence-corrected chi connectivity index (χ3v) is 2.82. The van der Waals surface area contributed by atoms with E-state index in [2.05, 4.69) is 4.98 Å². The van der Waals surface area contributed by atoms with E-state index in [0.29, 0.717) is 23.9 Å². The predicted octanol–water partition coefficient (Wildman–Crippen LogP) is 2.11. The molecular weight excluding hydrogens is 238 g/mol. The van der Waals surface area contributed by atoms with Crippen LogP contribution in [0.5, 0.6) is 5.75 Å².